The first-order valence-corrected chi connectivity index (χ1v) is 10.0. The van der Waals surface area contributed by atoms with Gasteiger partial charge in [0.25, 0.3) is 0 Å². The Labute approximate surface area is 174 Å². The number of tetrazole rings is 1. The van der Waals surface area contributed by atoms with Crippen molar-refractivity contribution in [2.24, 2.45) is 0 Å². The zero-order valence-corrected chi connectivity index (χ0v) is 17.3. The van der Waals surface area contributed by atoms with Crippen molar-refractivity contribution < 1.29 is 4.79 Å². The Kier molecular flexibility index (Phi) is 5.49. The minimum atomic E-state index is 0.00525. The van der Waals surface area contributed by atoms with Crippen molar-refractivity contribution >= 4 is 23.2 Å². The maximum absolute atomic E-state index is 12.7. The Morgan fingerprint density at radius 3 is 2.48 bits per heavy atom. The monoisotopic (exact) mass is 410 g/mol. The number of carbonyl (C=O) groups is 1. The standard InChI is InChI=1S/C21H23ClN6O/c1-15-4-3-5-19(16(15)2)26-10-12-27(13-11-26)20(29)14-28-24-21(23-25-28)17-6-8-18(22)9-7-17/h3-9H,10-14H2,1-2H3. The molecule has 1 aromatic heterocycles. The van der Waals surface area contributed by atoms with Gasteiger partial charge in [-0.2, -0.15) is 4.80 Å². The van der Waals surface area contributed by atoms with Gasteiger partial charge in [0.15, 0.2) is 0 Å². The number of hydrogen-bond donors (Lipinski definition) is 0. The summed E-state index contributed by atoms with van der Waals surface area (Å²) in [5.41, 5.74) is 4.65. The van der Waals surface area contributed by atoms with Crippen LogP contribution in [0, 0.1) is 13.8 Å². The Balaban J connectivity index is 1.36. The van der Waals surface area contributed by atoms with Gasteiger partial charge >= 0.3 is 0 Å². The third-order valence-corrected chi connectivity index (χ3v) is 5.63. The summed E-state index contributed by atoms with van der Waals surface area (Å²) in [5, 5.41) is 13.0. The van der Waals surface area contributed by atoms with Gasteiger partial charge in [-0.15, -0.1) is 10.2 Å². The molecule has 0 radical (unpaired) electrons. The van der Waals surface area contributed by atoms with Crippen LogP contribution >= 0.6 is 11.6 Å². The lowest BCUT2D eigenvalue weighted by molar-refractivity contribution is -0.132. The molecule has 0 aliphatic carbocycles. The molecule has 7 nitrogen and oxygen atoms in total. The van der Waals surface area contributed by atoms with Crippen LogP contribution in [0.5, 0.6) is 0 Å². The summed E-state index contributed by atoms with van der Waals surface area (Å²) in [7, 11) is 0. The maximum Gasteiger partial charge on any atom is 0.246 e. The highest BCUT2D eigenvalue weighted by Crippen LogP contribution is 2.24. The number of piperazine rings is 1. The van der Waals surface area contributed by atoms with Crippen LogP contribution in [0.3, 0.4) is 0 Å². The fraction of sp³-hybridized carbons (Fsp3) is 0.333. The van der Waals surface area contributed by atoms with Crippen molar-refractivity contribution in [1.82, 2.24) is 25.1 Å². The highest BCUT2D eigenvalue weighted by Gasteiger charge is 2.23. The van der Waals surface area contributed by atoms with E-state index in [2.05, 4.69) is 52.4 Å². The van der Waals surface area contributed by atoms with Crippen molar-refractivity contribution in [1.29, 1.82) is 0 Å². The molecule has 150 valence electrons. The molecule has 1 aliphatic rings. The van der Waals surface area contributed by atoms with Crippen LogP contribution in [-0.4, -0.2) is 57.2 Å². The fourth-order valence-corrected chi connectivity index (χ4v) is 3.65. The fourth-order valence-electron chi connectivity index (χ4n) is 3.52. The third kappa shape index (κ3) is 4.24. The number of anilines is 1. The SMILES string of the molecule is Cc1cccc(N2CCN(C(=O)Cn3nnc(-c4ccc(Cl)cc4)n3)CC2)c1C. The molecule has 2 aromatic carbocycles. The van der Waals surface area contributed by atoms with E-state index in [-0.39, 0.29) is 12.5 Å². The Hall–Kier alpha value is -2.93. The first-order chi connectivity index (χ1) is 14.0. The molecule has 1 amide bonds. The van der Waals surface area contributed by atoms with Gasteiger partial charge < -0.3 is 9.80 Å². The largest absolute Gasteiger partial charge is 0.368 e. The van der Waals surface area contributed by atoms with E-state index in [0.717, 1.165) is 18.7 Å². The molecule has 0 saturated carbocycles. The average molecular weight is 411 g/mol. The zero-order valence-electron chi connectivity index (χ0n) is 16.5. The van der Waals surface area contributed by atoms with Gasteiger partial charge in [-0.1, -0.05) is 23.7 Å². The summed E-state index contributed by atoms with van der Waals surface area (Å²) < 4.78 is 0. The number of nitrogens with zero attached hydrogens (tertiary/aromatic N) is 6. The molecule has 0 atom stereocenters. The van der Waals surface area contributed by atoms with Gasteiger partial charge in [0.1, 0.15) is 6.54 Å². The van der Waals surface area contributed by atoms with E-state index in [0.29, 0.717) is 23.9 Å². The van der Waals surface area contributed by atoms with Crippen molar-refractivity contribution in [3.8, 4) is 11.4 Å². The van der Waals surface area contributed by atoms with Crippen molar-refractivity contribution in [2.45, 2.75) is 20.4 Å². The van der Waals surface area contributed by atoms with E-state index in [1.165, 1.54) is 21.6 Å². The van der Waals surface area contributed by atoms with Gasteiger partial charge in [-0.05, 0) is 60.5 Å². The maximum atomic E-state index is 12.7. The highest BCUT2D eigenvalue weighted by molar-refractivity contribution is 6.30. The smallest absolute Gasteiger partial charge is 0.246 e. The molecular weight excluding hydrogens is 388 g/mol. The van der Waals surface area contributed by atoms with Gasteiger partial charge in [-0.25, -0.2) is 0 Å². The summed E-state index contributed by atoms with van der Waals surface area (Å²) in [5.74, 6) is 0.486. The molecule has 8 heteroatoms. The summed E-state index contributed by atoms with van der Waals surface area (Å²) in [6.45, 7) is 7.37. The zero-order chi connectivity index (χ0) is 20.4. The number of aromatic nitrogens is 4. The average Bonchev–Trinajstić information content (AvgIpc) is 3.19. The minimum absolute atomic E-state index is 0.00525. The molecule has 0 unspecified atom stereocenters. The number of benzene rings is 2. The number of hydrogen-bond acceptors (Lipinski definition) is 5. The lowest BCUT2D eigenvalue weighted by Gasteiger charge is -2.37. The van der Waals surface area contributed by atoms with Crippen LogP contribution in [0.2, 0.25) is 5.02 Å². The molecule has 3 aromatic rings. The Morgan fingerprint density at radius 1 is 1.03 bits per heavy atom. The molecule has 1 fully saturated rings. The third-order valence-electron chi connectivity index (χ3n) is 5.38. The van der Waals surface area contributed by atoms with Gasteiger partial charge in [0.2, 0.25) is 11.7 Å². The summed E-state index contributed by atoms with van der Waals surface area (Å²) >= 11 is 5.91. The Bertz CT molecular complexity index is 1010. The number of aryl methyl sites for hydroxylation is 1. The lowest BCUT2D eigenvalue weighted by atomic mass is 10.1. The quantitative estimate of drug-likeness (QED) is 0.661. The number of amides is 1. The molecular formula is C21H23ClN6O. The normalized spacial score (nSPS) is 14.3. The van der Waals surface area contributed by atoms with E-state index in [9.17, 15) is 4.79 Å². The highest BCUT2D eigenvalue weighted by atomic mass is 35.5. The molecule has 1 aliphatic heterocycles. The molecule has 29 heavy (non-hydrogen) atoms. The molecule has 2 heterocycles. The molecule has 4 rings (SSSR count). The van der Waals surface area contributed by atoms with Crippen LogP contribution in [0.15, 0.2) is 42.5 Å². The number of carbonyl (C=O) groups excluding carboxylic acids is 1. The number of halogens is 1. The molecule has 1 saturated heterocycles. The van der Waals surface area contributed by atoms with Crippen LogP contribution in [0.25, 0.3) is 11.4 Å². The second-order valence-corrected chi connectivity index (χ2v) is 7.67. The van der Waals surface area contributed by atoms with Crippen molar-refractivity contribution in [3.63, 3.8) is 0 Å². The Morgan fingerprint density at radius 2 is 1.76 bits per heavy atom. The molecule has 0 bridgehead atoms. The van der Waals surface area contributed by atoms with E-state index in [1.54, 1.807) is 12.1 Å². The first kappa shape index (κ1) is 19.4. The molecule has 0 spiro atoms. The minimum Gasteiger partial charge on any atom is -0.368 e. The van der Waals surface area contributed by atoms with E-state index >= 15 is 0 Å². The van der Waals surface area contributed by atoms with E-state index in [1.807, 2.05) is 17.0 Å². The van der Waals surface area contributed by atoms with E-state index in [4.69, 9.17) is 11.6 Å². The van der Waals surface area contributed by atoms with Crippen molar-refractivity contribution in [3.05, 3.63) is 58.6 Å². The predicted molar refractivity (Wildman–Crippen MR) is 113 cm³/mol. The second-order valence-electron chi connectivity index (χ2n) is 7.24. The summed E-state index contributed by atoms with van der Waals surface area (Å²) in [6, 6.07) is 13.6. The predicted octanol–water partition coefficient (Wildman–Crippen LogP) is 2.96. The lowest BCUT2D eigenvalue weighted by Crippen LogP contribution is -2.50. The topological polar surface area (TPSA) is 67.2 Å². The first-order valence-electron chi connectivity index (χ1n) is 9.64. The summed E-state index contributed by atoms with van der Waals surface area (Å²) in [4.78, 5) is 18.2. The van der Waals surface area contributed by atoms with E-state index < -0.39 is 0 Å². The van der Waals surface area contributed by atoms with Crippen LogP contribution in [0.1, 0.15) is 11.1 Å². The van der Waals surface area contributed by atoms with Gasteiger partial charge in [-0.3, -0.25) is 4.79 Å². The van der Waals surface area contributed by atoms with Crippen LogP contribution in [0.4, 0.5) is 5.69 Å². The summed E-state index contributed by atoms with van der Waals surface area (Å²) in [6.07, 6.45) is 0. The van der Waals surface area contributed by atoms with Gasteiger partial charge in [0.05, 0.1) is 0 Å². The number of rotatable bonds is 4. The molecule has 0 N–H and O–H groups in total. The van der Waals surface area contributed by atoms with Crippen LogP contribution in [-0.2, 0) is 11.3 Å². The van der Waals surface area contributed by atoms with Crippen LogP contribution < -0.4 is 4.90 Å². The van der Waals surface area contributed by atoms with Crippen molar-refractivity contribution in [2.75, 3.05) is 31.1 Å². The van der Waals surface area contributed by atoms with Gasteiger partial charge in [0, 0.05) is 42.5 Å². The second kappa shape index (κ2) is 8.21.